The van der Waals surface area contributed by atoms with E-state index >= 15 is 4.39 Å². The Bertz CT molecular complexity index is 2480. The molecule has 0 aromatic heterocycles. The van der Waals surface area contributed by atoms with Crippen molar-refractivity contribution in [2.24, 2.45) is 5.92 Å². The van der Waals surface area contributed by atoms with Gasteiger partial charge in [0, 0.05) is 77.4 Å². The fourth-order valence-corrected chi connectivity index (χ4v) is 11.2. The number of nitrogens with one attached hydrogen (secondary N) is 3. The normalized spacial score (nSPS) is 27.0. The van der Waals surface area contributed by atoms with E-state index in [1.165, 1.54) is 6.07 Å². The molecular formula is C47H44Cl2FN5O5. The molecule has 6 aliphatic rings. The first kappa shape index (κ1) is 39.2. The minimum absolute atomic E-state index is 0.0165. The first-order valence-corrected chi connectivity index (χ1v) is 21.7. The number of halogens is 3. The van der Waals surface area contributed by atoms with Crippen LogP contribution >= 0.6 is 23.2 Å². The van der Waals surface area contributed by atoms with E-state index in [9.17, 15) is 24.0 Å². The van der Waals surface area contributed by atoms with Crippen LogP contribution in [0.3, 0.4) is 0 Å². The zero-order chi connectivity index (χ0) is 41.4. The lowest BCUT2D eigenvalue weighted by Crippen LogP contribution is -2.53. The standard InChI is InChI=1S/C47H44Cl2FN5O5/c48-29-17-18-33-36(21-29)52-46(60)47(33)41(31-8-4-9-34(49)42(31)50)43-38(55(47)23-25-11-12-25)22-35(51-43)27-13-15-28(16-14-27)39(56)10-2-1-5-26-6-3-7-30-32(26)24-54(45(30)59)37-19-20-40(57)53-44(37)58/h3-4,6-9,13-18,21,25,35,37-38,41,43,51H,1-2,5,10-12,19-20,22-24H2,(H,52,60)(H,53,57,58)/t35-,37?,38+,41+,43-,47-/m1/s1. The van der Waals surface area contributed by atoms with Crippen LogP contribution in [-0.2, 0) is 32.9 Å². The maximum absolute atomic E-state index is 16.2. The Labute approximate surface area is 357 Å². The van der Waals surface area contributed by atoms with Crippen LogP contribution in [0.5, 0.6) is 0 Å². The summed E-state index contributed by atoms with van der Waals surface area (Å²) >= 11 is 12.8. The summed E-state index contributed by atoms with van der Waals surface area (Å²) < 4.78 is 16.2. The molecular weight excluding hydrogens is 804 g/mol. The molecule has 6 atom stereocenters. The lowest BCUT2D eigenvalue weighted by molar-refractivity contribution is -0.137. The number of benzene rings is 4. The topological polar surface area (TPSA) is 128 Å². The Balaban J connectivity index is 0.830. The Morgan fingerprint density at radius 3 is 2.48 bits per heavy atom. The molecule has 60 heavy (non-hydrogen) atoms. The van der Waals surface area contributed by atoms with Gasteiger partial charge in [0.05, 0.1) is 5.02 Å². The summed E-state index contributed by atoms with van der Waals surface area (Å²) in [6.45, 7) is 1.04. The van der Waals surface area contributed by atoms with E-state index in [0.29, 0.717) is 78.5 Å². The third-order valence-corrected chi connectivity index (χ3v) is 14.3. The lowest BCUT2D eigenvalue weighted by Gasteiger charge is -2.41. The summed E-state index contributed by atoms with van der Waals surface area (Å²) in [4.78, 5) is 69.3. The number of carbonyl (C=O) groups is 5. The number of hydrogen-bond acceptors (Lipinski definition) is 7. The van der Waals surface area contributed by atoms with E-state index in [-0.39, 0.29) is 53.1 Å². The van der Waals surface area contributed by atoms with Crippen molar-refractivity contribution in [2.45, 2.75) is 100.0 Å². The number of rotatable bonds is 11. The smallest absolute Gasteiger partial charge is 0.255 e. The van der Waals surface area contributed by atoms with Gasteiger partial charge in [-0.3, -0.25) is 34.2 Å². The highest BCUT2D eigenvalue weighted by molar-refractivity contribution is 6.31. The van der Waals surface area contributed by atoms with Crippen LogP contribution in [0.15, 0.2) is 78.9 Å². The van der Waals surface area contributed by atoms with Gasteiger partial charge >= 0.3 is 0 Å². The largest absolute Gasteiger partial charge is 0.324 e. The van der Waals surface area contributed by atoms with Gasteiger partial charge in [-0.05, 0) is 97.4 Å². The number of aryl methyl sites for hydroxylation is 1. The number of fused-ring (bicyclic) bond motifs is 4. The van der Waals surface area contributed by atoms with Gasteiger partial charge in [-0.15, -0.1) is 0 Å². The Hall–Kier alpha value is -4.94. The molecule has 13 heteroatoms. The maximum atomic E-state index is 16.2. The molecule has 5 aliphatic heterocycles. The number of carbonyl (C=O) groups excluding carboxylic acids is 5. The van der Waals surface area contributed by atoms with Crippen LogP contribution in [0.4, 0.5) is 10.1 Å². The monoisotopic (exact) mass is 847 g/mol. The summed E-state index contributed by atoms with van der Waals surface area (Å²) in [5, 5.41) is 9.85. The van der Waals surface area contributed by atoms with Gasteiger partial charge in [0.25, 0.3) is 5.91 Å². The molecule has 1 aliphatic carbocycles. The Kier molecular flexibility index (Phi) is 9.93. The van der Waals surface area contributed by atoms with Crippen LogP contribution in [-0.4, -0.2) is 63.9 Å². The molecule has 10 nitrogen and oxygen atoms in total. The van der Waals surface area contributed by atoms with Crippen LogP contribution < -0.4 is 16.0 Å². The number of unbranched alkanes of at least 4 members (excludes halogenated alkanes) is 1. The van der Waals surface area contributed by atoms with Crippen molar-refractivity contribution in [1.29, 1.82) is 0 Å². The molecule has 4 aromatic carbocycles. The number of imide groups is 1. The van der Waals surface area contributed by atoms with E-state index in [4.69, 9.17) is 23.2 Å². The van der Waals surface area contributed by atoms with Crippen LogP contribution in [0.2, 0.25) is 10.0 Å². The van der Waals surface area contributed by atoms with E-state index in [1.807, 2.05) is 42.5 Å². The van der Waals surface area contributed by atoms with E-state index in [1.54, 1.807) is 35.2 Å². The number of Topliss-reactive ketones (excluding diaryl/α,β-unsaturated/α-hetero) is 1. The SMILES string of the molecule is O=C1CCC(N2Cc3c(CCCCC(=O)c4ccc([C@H]5C[C@H]6[C@@H](N5)[C@H](c5cccc(Cl)c5F)[C@]5(C(=O)Nc7cc(Cl)ccc75)N6CC5CC5)cc4)cccc3C2=O)C(=O)N1. The second-order valence-electron chi connectivity index (χ2n) is 17.3. The molecule has 3 saturated heterocycles. The van der Waals surface area contributed by atoms with Crippen molar-refractivity contribution >= 4 is 58.3 Å². The van der Waals surface area contributed by atoms with Crippen molar-refractivity contribution in [1.82, 2.24) is 20.4 Å². The summed E-state index contributed by atoms with van der Waals surface area (Å²) in [7, 11) is 0. The van der Waals surface area contributed by atoms with Gasteiger partial charge in [0.1, 0.15) is 17.4 Å². The number of anilines is 1. The van der Waals surface area contributed by atoms with Crippen LogP contribution in [0, 0.1) is 11.7 Å². The zero-order valence-corrected chi connectivity index (χ0v) is 34.3. The molecule has 0 radical (unpaired) electrons. The fraction of sp³-hybridized carbons (Fsp3) is 0.383. The Morgan fingerprint density at radius 2 is 1.70 bits per heavy atom. The van der Waals surface area contributed by atoms with E-state index in [0.717, 1.165) is 41.5 Å². The third kappa shape index (κ3) is 6.47. The molecule has 4 fully saturated rings. The number of likely N-dealkylation sites (tertiary alicyclic amines) is 1. The second kappa shape index (κ2) is 15.2. The highest BCUT2D eigenvalue weighted by Gasteiger charge is 2.69. The van der Waals surface area contributed by atoms with Crippen molar-refractivity contribution in [2.75, 3.05) is 11.9 Å². The predicted octanol–water partition coefficient (Wildman–Crippen LogP) is 7.62. The van der Waals surface area contributed by atoms with Crippen molar-refractivity contribution in [3.8, 4) is 0 Å². The summed E-state index contributed by atoms with van der Waals surface area (Å²) in [5.74, 6) is -1.72. The van der Waals surface area contributed by atoms with Gasteiger partial charge in [-0.2, -0.15) is 0 Å². The number of nitrogens with zero attached hydrogens (tertiary/aromatic N) is 2. The van der Waals surface area contributed by atoms with Gasteiger partial charge in [-0.25, -0.2) is 4.39 Å². The van der Waals surface area contributed by atoms with Gasteiger partial charge in [-0.1, -0.05) is 77.8 Å². The Morgan fingerprint density at radius 1 is 0.900 bits per heavy atom. The molecule has 1 spiro atoms. The highest BCUT2D eigenvalue weighted by Crippen LogP contribution is 2.61. The number of ketones is 1. The maximum Gasteiger partial charge on any atom is 0.255 e. The minimum Gasteiger partial charge on any atom is -0.324 e. The molecule has 4 aromatic rings. The summed E-state index contributed by atoms with van der Waals surface area (Å²) in [6.07, 6.45) is 5.89. The number of hydrogen-bond donors (Lipinski definition) is 3. The lowest BCUT2D eigenvalue weighted by atomic mass is 9.73. The highest BCUT2D eigenvalue weighted by atomic mass is 35.5. The first-order chi connectivity index (χ1) is 29.0. The molecule has 0 bridgehead atoms. The number of amides is 4. The van der Waals surface area contributed by atoms with Gasteiger partial charge < -0.3 is 15.5 Å². The predicted molar refractivity (Wildman–Crippen MR) is 224 cm³/mol. The minimum atomic E-state index is -1.16. The first-order valence-electron chi connectivity index (χ1n) is 21.0. The van der Waals surface area contributed by atoms with Crippen molar-refractivity contribution < 1.29 is 28.4 Å². The van der Waals surface area contributed by atoms with E-state index < -0.39 is 29.2 Å². The second-order valence-corrected chi connectivity index (χ2v) is 18.1. The molecule has 3 N–H and O–H groups in total. The molecule has 4 amide bonds. The molecule has 10 rings (SSSR count). The van der Waals surface area contributed by atoms with Gasteiger partial charge in [0.2, 0.25) is 17.7 Å². The molecule has 1 saturated carbocycles. The quantitative estimate of drug-likeness (QED) is 0.0806. The third-order valence-electron chi connectivity index (χ3n) is 13.8. The van der Waals surface area contributed by atoms with Crippen molar-refractivity contribution in [3.05, 3.63) is 134 Å². The van der Waals surface area contributed by atoms with Crippen LogP contribution in [0.1, 0.15) is 112 Å². The van der Waals surface area contributed by atoms with Crippen LogP contribution in [0.25, 0.3) is 0 Å². The average Bonchev–Trinajstić information content (AvgIpc) is 3.64. The number of piperidine rings is 1. The molecule has 308 valence electrons. The van der Waals surface area contributed by atoms with E-state index in [2.05, 4.69) is 20.9 Å². The fourth-order valence-electron chi connectivity index (χ4n) is 10.8. The molecule has 1 unspecified atom stereocenters. The summed E-state index contributed by atoms with van der Waals surface area (Å²) in [5.41, 5.74) is 4.89. The van der Waals surface area contributed by atoms with Crippen molar-refractivity contribution in [3.63, 3.8) is 0 Å². The van der Waals surface area contributed by atoms with Gasteiger partial charge in [0.15, 0.2) is 5.78 Å². The molecule has 5 heterocycles. The average molecular weight is 849 g/mol. The summed E-state index contributed by atoms with van der Waals surface area (Å²) in [6, 6.07) is 22.8. The zero-order valence-electron chi connectivity index (χ0n) is 32.8.